The number of carbonyl (C=O) groups is 1. The van der Waals surface area contributed by atoms with E-state index in [1.54, 1.807) is 0 Å². The summed E-state index contributed by atoms with van der Waals surface area (Å²) in [5, 5.41) is 7.31. The Kier molecular flexibility index (Phi) is 7.59. The van der Waals surface area contributed by atoms with Crippen molar-refractivity contribution in [1.82, 2.24) is 10.6 Å². The third kappa shape index (κ3) is 7.16. The first-order valence-corrected chi connectivity index (χ1v) is 10.1. The van der Waals surface area contributed by atoms with Crippen molar-refractivity contribution < 1.29 is 9.53 Å². The molecule has 0 heterocycles. The van der Waals surface area contributed by atoms with Gasteiger partial charge in [-0.25, -0.2) is 4.79 Å². The molecule has 0 aliphatic heterocycles. The summed E-state index contributed by atoms with van der Waals surface area (Å²) in [5.74, 6) is 0.423. The molecule has 0 bridgehead atoms. The van der Waals surface area contributed by atoms with Crippen LogP contribution in [0.15, 0.2) is 22.7 Å². The van der Waals surface area contributed by atoms with Crippen molar-refractivity contribution in [1.29, 1.82) is 0 Å². The van der Waals surface area contributed by atoms with Gasteiger partial charge in [0.05, 0.1) is 0 Å². The van der Waals surface area contributed by atoms with E-state index in [-0.39, 0.29) is 6.09 Å². The average Bonchev–Trinajstić information content (AvgIpc) is 2.51. The van der Waals surface area contributed by atoms with Crippen LogP contribution in [-0.2, 0) is 11.3 Å². The number of halogens is 2. The van der Waals surface area contributed by atoms with Crippen LogP contribution in [0.3, 0.4) is 0 Å². The molecule has 1 aromatic carbocycles. The van der Waals surface area contributed by atoms with Gasteiger partial charge in [0.15, 0.2) is 0 Å². The molecule has 2 unspecified atom stereocenters. The Balaban J connectivity index is 1.86. The van der Waals surface area contributed by atoms with Gasteiger partial charge in [-0.05, 0) is 57.2 Å². The summed E-state index contributed by atoms with van der Waals surface area (Å²) >= 11 is 9.57. The smallest absolute Gasteiger partial charge is 0.407 e. The van der Waals surface area contributed by atoms with Crippen LogP contribution in [0.4, 0.5) is 4.79 Å². The second-order valence-electron chi connectivity index (χ2n) is 7.65. The van der Waals surface area contributed by atoms with Crippen molar-refractivity contribution in [2.75, 3.05) is 6.54 Å². The second kappa shape index (κ2) is 9.24. The number of amides is 1. The minimum Gasteiger partial charge on any atom is -0.444 e. The van der Waals surface area contributed by atoms with Gasteiger partial charge in [0.2, 0.25) is 0 Å². The van der Waals surface area contributed by atoms with E-state index in [1.165, 1.54) is 18.4 Å². The molecule has 6 heteroatoms. The van der Waals surface area contributed by atoms with Crippen molar-refractivity contribution in [3.8, 4) is 0 Å². The third-order valence-electron chi connectivity index (χ3n) is 4.39. The van der Waals surface area contributed by atoms with Crippen LogP contribution in [0.1, 0.15) is 52.0 Å². The largest absolute Gasteiger partial charge is 0.444 e. The molecule has 1 saturated carbocycles. The van der Waals surface area contributed by atoms with Gasteiger partial charge in [-0.1, -0.05) is 46.4 Å². The Labute approximate surface area is 164 Å². The summed E-state index contributed by atoms with van der Waals surface area (Å²) in [4.78, 5) is 11.9. The molecule has 0 saturated heterocycles. The molecule has 4 nitrogen and oxygen atoms in total. The standard InChI is InChI=1S/C19H28BrClN2O2/c1-19(2,3)25-18(24)23-12-14-6-4-5-7-17(14)22-11-13-8-9-15(21)10-16(13)20/h8-10,14,17,22H,4-7,11-12H2,1-3H3,(H,23,24). The topological polar surface area (TPSA) is 50.4 Å². The number of carbonyl (C=O) groups excluding carboxylic acids is 1. The van der Waals surface area contributed by atoms with Gasteiger partial charge >= 0.3 is 6.09 Å². The van der Waals surface area contributed by atoms with Crippen molar-refractivity contribution >= 4 is 33.6 Å². The summed E-state index contributed by atoms with van der Waals surface area (Å²) in [6.07, 6.45) is 4.35. The van der Waals surface area contributed by atoms with Crippen LogP contribution in [0.2, 0.25) is 5.02 Å². The van der Waals surface area contributed by atoms with E-state index in [2.05, 4.69) is 26.6 Å². The quantitative estimate of drug-likeness (QED) is 0.667. The van der Waals surface area contributed by atoms with Crippen LogP contribution < -0.4 is 10.6 Å². The van der Waals surface area contributed by atoms with Crippen LogP contribution in [0.25, 0.3) is 0 Å². The van der Waals surface area contributed by atoms with E-state index in [4.69, 9.17) is 16.3 Å². The highest BCUT2D eigenvalue weighted by atomic mass is 79.9. The monoisotopic (exact) mass is 430 g/mol. The summed E-state index contributed by atoms with van der Waals surface area (Å²) in [5.41, 5.74) is 0.726. The molecule has 2 atom stereocenters. The molecule has 2 N–H and O–H groups in total. The number of alkyl carbamates (subject to hydrolysis) is 1. The summed E-state index contributed by atoms with van der Waals surface area (Å²) in [7, 11) is 0. The molecule has 25 heavy (non-hydrogen) atoms. The Hall–Kier alpha value is -0.780. The molecule has 1 aliphatic carbocycles. The molecule has 0 radical (unpaired) electrons. The minimum absolute atomic E-state index is 0.336. The van der Waals surface area contributed by atoms with Gasteiger partial charge in [0, 0.05) is 28.6 Å². The molecular formula is C19H28BrClN2O2. The maximum atomic E-state index is 11.9. The molecule has 0 spiro atoms. The molecule has 1 aliphatic rings. The lowest BCUT2D eigenvalue weighted by molar-refractivity contribution is 0.0510. The second-order valence-corrected chi connectivity index (χ2v) is 8.94. The molecule has 1 fully saturated rings. The number of hydrogen-bond acceptors (Lipinski definition) is 3. The Morgan fingerprint density at radius 2 is 2.04 bits per heavy atom. The summed E-state index contributed by atoms with van der Waals surface area (Å²) in [6.45, 7) is 7.06. The highest BCUT2D eigenvalue weighted by Crippen LogP contribution is 2.26. The lowest BCUT2D eigenvalue weighted by Gasteiger charge is -2.33. The first-order valence-electron chi connectivity index (χ1n) is 8.89. The van der Waals surface area contributed by atoms with Gasteiger partial charge in [-0.2, -0.15) is 0 Å². The third-order valence-corrected chi connectivity index (χ3v) is 5.36. The lowest BCUT2D eigenvalue weighted by atomic mass is 9.84. The first-order chi connectivity index (χ1) is 11.7. The Morgan fingerprint density at radius 1 is 1.32 bits per heavy atom. The first kappa shape index (κ1) is 20.5. The predicted octanol–water partition coefficient (Wildman–Crippen LogP) is 5.28. The lowest BCUT2D eigenvalue weighted by Crippen LogP contribution is -2.44. The molecule has 140 valence electrons. The van der Waals surface area contributed by atoms with Gasteiger partial charge in [-0.3, -0.25) is 0 Å². The number of ether oxygens (including phenoxy) is 1. The highest BCUT2D eigenvalue weighted by molar-refractivity contribution is 9.10. The number of rotatable bonds is 5. The number of hydrogen-bond donors (Lipinski definition) is 2. The fourth-order valence-corrected chi connectivity index (χ4v) is 3.98. The van der Waals surface area contributed by atoms with E-state index in [0.717, 1.165) is 28.9 Å². The van der Waals surface area contributed by atoms with Crippen molar-refractivity contribution in [3.05, 3.63) is 33.3 Å². The van der Waals surface area contributed by atoms with E-state index >= 15 is 0 Å². The molecule has 2 rings (SSSR count). The molecular weight excluding hydrogens is 404 g/mol. The zero-order chi connectivity index (χ0) is 18.4. The fourth-order valence-electron chi connectivity index (χ4n) is 3.16. The van der Waals surface area contributed by atoms with Crippen LogP contribution in [0.5, 0.6) is 0 Å². The zero-order valence-electron chi connectivity index (χ0n) is 15.2. The summed E-state index contributed by atoms with van der Waals surface area (Å²) in [6, 6.07) is 6.26. The number of benzene rings is 1. The van der Waals surface area contributed by atoms with Crippen molar-refractivity contribution in [2.24, 2.45) is 5.92 Å². The van der Waals surface area contributed by atoms with Gasteiger partial charge in [-0.15, -0.1) is 0 Å². The van der Waals surface area contributed by atoms with Gasteiger partial charge < -0.3 is 15.4 Å². The predicted molar refractivity (Wildman–Crippen MR) is 106 cm³/mol. The maximum Gasteiger partial charge on any atom is 0.407 e. The normalized spacial score (nSPS) is 21.0. The van der Waals surface area contributed by atoms with E-state index in [0.29, 0.717) is 18.5 Å². The molecule has 1 aromatic rings. The number of nitrogens with one attached hydrogen (secondary N) is 2. The molecule has 1 amide bonds. The zero-order valence-corrected chi connectivity index (χ0v) is 17.5. The summed E-state index contributed by atoms with van der Waals surface area (Å²) < 4.78 is 6.35. The van der Waals surface area contributed by atoms with E-state index in [1.807, 2.05) is 39.0 Å². The van der Waals surface area contributed by atoms with Crippen LogP contribution in [0, 0.1) is 5.92 Å². The van der Waals surface area contributed by atoms with Crippen LogP contribution in [-0.4, -0.2) is 24.3 Å². The van der Waals surface area contributed by atoms with Crippen LogP contribution >= 0.6 is 27.5 Å². The Morgan fingerprint density at radius 3 is 2.72 bits per heavy atom. The van der Waals surface area contributed by atoms with Gasteiger partial charge in [0.1, 0.15) is 5.60 Å². The average molecular weight is 432 g/mol. The van der Waals surface area contributed by atoms with Crippen molar-refractivity contribution in [2.45, 2.75) is 64.6 Å². The fraction of sp³-hybridized carbons (Fsp3) is 0.632. The van der Waals surface area contributed by atoms with E-state index < -0.39 is 5.60 Å². The SMILES string of the molecule is CC(C)(C)OC(=O)NCC1CCCCC1NCc1ccc(Cl)cc1Br. The van der Waals surface area contributed by atoms with Gasteiger partial charge in [0.25, 0.3) is 0 Å². The van der Waals surface area contributed by atoms with Crippen molar-refractivity contribution in [3.63, 3.8) is 0 Å². The molecule has 0 aromatic heterocycles. The maximum absolute atomic E-state index is 11.9. The Bertz CT molecular complexity index is 589. The highest BCUT2D eigenvalue weighted by Gasteiger charge is 2.26. The minimum atomic E-state index is -0.463. The van der Waals surface area contributed by atoms with E-state index in [9.17, 15) is 4.79 Å².